The van der Waals surface area contributed by atoms with E-state index in [1.807, 2.05) is 0 Å². The Hall–Kier alpha value is -1.65. The largest absolute Gasteiger partial charge is 0.0985 e. The molecule has 2 aromatic rings. The van der Waals surface area contributed by atoms with Gasteiger partial charge in [0.2, 0.25) is 0 Å². The quantitative estimate of drug-likeness (QED) is 0.742. The third-order valence-electron chi connectivity index (χ3n) is 3.52. The van der Waals surface area contributed by atoms with Crippen molar-refractivity contribution in [2.45, 2.75) is 12.1 Å². The highest BCUT2D eigenvalue weighted by Crippen LogP contribution is 2.42. The molecule has 1 aliphatic rings. The van der Waals surface area contributed by atoms with Gasteiger partial charge >= 0.3 is 0 Å². The van der Waals surface area contributed by atoms with Crippen LogP contribution < -0.4 is 10.6 Å². The van der Waals surface area contributed by atoms with Crippen molar-refractivity contribution < 1.29 is 0 Å². The third-order valence-corrected chi connectivity index (χ3v) is 6.60. The van der Waals surface area contributed by atoms with Crippen LogP contribution in [-0.4, -0.2) is 5.66 Å². The summed E-state index contributed by atoms with van der Waals surface area (Å²) >= 11 is 0. The topological polar surface area (TPSA) is 0 Å². The van der Waals surface area contributed by atoms with Crippen LogP contribution in [0.3, 0.4) is 0 Å². The van der Waals surface area contributed by atoms with Crippen LogP contribution in [0.5, 0.6) is 0 Å². The molecule has 0 bridgehead atoms. The molecule has 0 saturated carbocycles. The van der Waals surface area contributed by atoms with Gasteiger partial charge in [0.25, 0.3) is 0 Å². The van der Waals surface area contributed by atoms with Gasteiger partial charge in [-0.1, -0.05) is 54.6 Å². The zero-order chi connectivity index (χ0) is 12.9. The van der Waals surface area contributed by atoms with Crippen molar-refractivity contribution in [3.8, 4) is 0 Å². The summed E-state index contributed by atoms with van der Waals surface area (Å²) in [5.74, 6) is 0. The maximum absolute atomic E-state index is 2.38. The molecule has 0 aromatic heterocycles. The van der Waals surface area contributed by atoms with Crippen molar-refractivity contribution in [2.24, 2.45) is 0 Å². The van der Waals surface area contributed by atoms with Crippen LogP contribution in [0.4, 0.5) is 0 Å². The van der Waals surface area contributed by atoms with Gasteiger partial charge in [-0.3, -0.25) is 0 Å². The van der Waals surface area contributed by atoms with Gasteiger partial charge in [-0.15, -0.1) is 0 Å². The fourth-order valence-corrected chi connectivity index (χ4v) is 5.59. The van der Waals surface area contributed by atoms with Gasteiger partial charge in [0.05, 0.1) is 24.2 Å². The number of benzene rings is 2. The minimum Gasteiger partial charge on any atom is -0.0803 e. The Kier molecular flexibility index (Phi) is 3.91. The molecule has 0 heterocycles. The summed E-state index contributed by atoms with van der Waals surface area (Å²) in [4.78, 5) is 0. The van der Waals surface area contributed by atoms with E-state index >= 15 is 0 Å². The molecule has 2 aromatic carbocycles. The van der Waals surface area contributed by atoms with Gasteiger partial charge in [0.1, 0.15) is 0 Å². The number of rotatable bonds is 3. The first-order valence-corrected chi connectivity index (χ1v) is 8.34. The Bertz CT molecular complexity index is 530. The molecule has 0 nitrogen and oxygen atoms in total. The van der Waals surface area contributed by atoms with Gasteiger partial charge in [0, 0.05) is 6.42 Å². The molecule has 1 atom stereocenters. The van der Waals surface area contributed by atoms with Crippen molar-refractivity contribution in [1.29, 1.82) is 0 Å². The van der Waals surface area contributed by atoms with Crippen LogP contribution in [0.25, 0.3) is 0 Å². The van der Waals surface area contributed by atoms with Gasteiger partial charge in [0.15, 0.2) is 0 Å². The number of allylic oxidation sites excluding steroid dienone is 4. The number of hydrogen-bond donors (Lipinski definition) is 0. The summed E-state index contributed by atoms with van der Waals surface area (Å²) in [6.45, 7) is 0. The average Bonchev–Trinajstić information content (AvgIpc) is 2.51. The van der Waals surface area contributed by atoms with Crippen molar-refractivity contribution in [1.82, 2.24) is 0 Å². The summed E-state index contributed by atoms with van der Waals surface area (Å²) in [6, 6.07) is 22.0. The molecule has 0 N–H and O–H groups in total. The van der Waals surface area contributed by atoms with Gasteiger partial charge in [-0.25, -0.2) is 0 Å². The SMILES string of the molecule is C1=CCC([PH+](c2ccccc2)c2ccccc2)C=C1. The second-order valence-corrected chi connectivity index (χ2v) is 7.52. The highest BCUT2D eigenvalue weighted by Gasteiger charge is 2.30. The lowest BCUT2D eigenvalue weighted by atomic mass is 10.2. The lowest BCUT2D eigenvalue weighted by Crippen LogP contribution is -2.20. The zero-order valence-corrected chi connectivity index (χ0v) is 11.9. The van der Waals surface area contributed by atoms with Crippen LogP contribution in [0, 0.1) is 0 Å². The molecule has 0 aliphatic heterocycles. The van der Waals surface area contributed by atoms with Gasteiger partial charge in [-0.2, -0.15) is 0 Å². The van der Waals surface area contributed by atoms with Crippen molar-refractivity contribution in [3.63, 3.8) is 0 Å². The summed E-state index contributed by atoms with van der Waals surface area (Å²) < 4.78 is 0. The molecular formula is C18H18P+. The molecule has 1 unspecified atom stereocenters. The zero-order valence-electron chi connectivity index (χ0n) is 10.9. The minimum atomic E-state index is -0.738. The normalized spacial score (nSPS) is 17.8. The monoisotopic (exact) mass is 265 g/mol. The fraction of sp³-hybridized carbons (Fsp3) is 0.111. The molecule has 19 heavy (non-hydrogen) atoms. The molecule has 3 rings (SSSR count). The highest BCUT2D eigenvalue weighted by atomic mass is 31.1. The van der Waals surface area contributed by atoms with Crippen LogP contribution >= 0.6 is 7.92 Å². The molecule has 1 aliphatic carbocycles. The second-order valence-electron chi connectivity index (χ2n) is 4.80. The minimum absolute atomic E-state index is 0.653. The first-order chi connectivity index (χ1) is 9.45. The van der Waals surface area contributed by atoms with E-state index in [0.717, 1.165) is 6.42 Å². The fourth-order valence-electron chi connectivity index (χ4n) is 2.62. The molecule has 1 heteroatoms. The Morgan fingerprint density at radius 2 is 1.32 bits per heavy atom. The summed E-state index contributed by atoms with van der Waals surface area (Å²) in [5.41, 5.74) is 0.653. The van der Waals surface area contributed by atoms with E-state index in [4.69, 9.17) is 0 Å². The predicted molar refractivity (Wildman–Crippen MR) is 87.2 cm³/mol. The maximum atomic E-state index is 2.38. The van der Waals surface area contributed by atoms with Crippen LogP contribution in [-0.2, 0) is 0 Å². The maximum Gasteiger partial charge on any atom is 0.0985 e. The Balaban J connectivity index is 2.01. The van der Waals surface area contributed by atoms with Gasteiger partial charge < -0.3 is 0 Å². The molecule has 94 valence electrons. The lowest BCUT2D eigenvalue weighted by Gasteiger charge is -2.18. The van der Waals surface area contributed by atoms with E-state index in [1.54, 1.807) is 0 Å². The summed E-state index contributed by atoms with van der Waals surface area (Å²) in [7, 11) is -0.738. The van der Waals surface area contributed by atoms with Crippen molar-refractivity contribution in [2.75, 3.05) is 0 Å². The molecule has 0 spiro atoms. The number of hydrogen-bond acceptors (Lipinski definition) is 0. The Morgan fingerprint density at radius 1 is 0.737 bits per heavy atom. The van der Waals surface area contributed by atoms with E-state index in [9.17, 15) is 0 Å². The van der Waals surface area contributed by atoms with E-state index < -0.39 is 7.92 Å². The first-order valence-electron chi connectivity index (χ1n) is 6.76. The Labute approximate surface area is 116 Å². The second kappa shape index (κ2) is 5.99. The summed E-state index contributed by atoms with van der Waals surface area (Å²) in [6.07, 6.45) is 10.2. The molecule has 0 saturated heterocycles. The van der Waals surface area contributed by atoms with Crippen LogP contribution in [0.1, 0.15) is 6.42 Å². The van der Waals surface area contributed by atoms with Crippen LogP contribution in [0.2, 0.25) is 0 Å². The standard InChI is InChI=1S/C18H17P/c1-4-10-16(11-5-1)19(17-12-6-2-7-13-17)18-14-8-3-9-15-18/h1-14,18H,15H2/p+1. The van der Waals surface area contributed by atoms with Crippen molar-refractivity contribution >= 4 is 18.5 Å². The average molecular weight is 265 g/mol. The van der Waals surface area contributed by atoms with Gasteiger partial charge in [-0.05, 0) is 30.3 Å². The Morgan fingerprint density at radius 3 is 1.79 bits per heavy atom. The van der Waals surface area contributed by atoms with Crippen molar-refractivity contribution in [3.05, 3.63) is 85.0 Å². The van der Waals surface area contributed by atoms with Crippen LogP contribution in [0.15, 0.2) is 85.0 Å². The predicted octanol–water partition coefficient (Wildman–Crippen LogP) is 3.74. The lowest BCUT2D eigenvalue weighted by molar-refractivity contribution is 1.05. The highest BCUT2D eigenvalue weighted by molar-refractivity contribution is 7.73. The molecule has 0 fully saturated rings. The van der Waals surface area contributed by atoms with E-state index in [1.165, 1.54) is 10.6 Å². The van der Waals surface area contributed by atoms with E-state index in [2.05, 4.69) is 85.0 Å². The summed E-state index contributed by atoms with van der Waals surface area (Å²) in [5, 5.41) is 3.01. The smallest absolute Gasteiger partial charge is 0.0803 e. The molecule has 0 amide bonds. The first kappa shape index (κ1) is 12.4. The molecule has 0 radical (unpaired) electrons. The third kappa shape index (κ3) is 2.85. The molecular weight excluding hydrogens is 247 g/mol. The van der Waals surface area contributed by atoms with E-state index in [0.29, 0.717) is 5.66 Å². The van der Waals surface area contributed by atoms with E-state index in [-0.39, 0.29) is 0 Å².